The van der Waals surface area contributed by atoms with Crippen LogP contribution in [0.2, 0.25) is 0 Å². The highest BCUT2D eigenvalue weighted by atomic mass is 32.2. The monoisotopic (exact) mass is 315 g/mol. The maximum atomic E-state index is 13.5. The highest BCUT2D eigenvalue weighted by Gasteiger charge is 2.24. The third-order valence-electron chi connectivity index (χ3n) is 3.65. The minimum Gasteiger partial charge on any atom is -0.394 e. The van der Waals surface area contributed by atoms with Crippen molar-refractivity contribution in [2.75, 3.05) is 18.9 Å². The highest BCUT2D eigenvalue weighted by Crippen LogP contribution is 2.24. The van der Waals surface area contributed by atoms with E-state index in [9.17, 15) is 18.7 Å². The molecule has 0 saturated carbocycles. The summed E-state index contributed by atoms with van der Waals surface area (Å²) in [5.74, 6) is -1.29. The molecular weight excluding hydrogens is 296 g/mol. The van der Waals surface area contributed by atoms with Crippen LogP contribution in [-0.4, -0.2) is 40.9 Å². The first-order valence-electron chi connectivity index (χ1n) is 7.10. The lowest BCUT2D eigenvalue weighted by atomic mass is 10.1. The van der Waals surface area contributed by atoms with Crippen LogP contribution >= 0.6 is 11.8 Å². The SMILES string of the molecule is O=C(CSc1ccc(F)cc1F)N1CCCCCC1CO. The molecule has 1 aromatic rings. The molecule has 2 rings (SSSR count). The summed E-state index contributed by atoms with van der Waals surface area (Å²) in [5.41, 5.74) is 0. The van der Waals surface area contributed by atoms with Gasteiger partial charge in [0.2, 0.25) is 5.91 Å². The van der Waals surface area contributed by atoms with Gasteiger partial charge in [0.05, 0.1) is 18.4 Å². The van der Waals surface area contributed by atoms with E-state index in [1.165, 1.54) is 12.1 Å². The van der Waals surface area contributed by atoms with Crippen molar-refractivity contribution in [1.29, 1.82) is 0 Å². The molecule has 1 saturated heterocycles. The molecule has 21 heavy (non-hydrogen) atoms. The molecule has 1 aliphatic heterocycles. The number of hydrogen-bond acceptors (Lipinski definition) is 3. The predicted octanol–water partition coefficient (Wildman–Crippen LogP) is 2.82. The number of carbonyl (C=O) groups excluding carboxylic acids is 1. The molecule has 0 spiro atoms. The summed E-state index contributed by atoms with van der Waals surface area (Å²) < 4.78 is 26.4. The molecule has 3 nitrogen and oxygen atoms in total. The lowest BCUT2D eigenvalue weighted by molar-refractivity contribution is -0.131. The van der Waals surface area contributed by atoms with E-state index in [1.54, 1.807) is 4.90 Å². The van der Waals surface area contributed by atoms with Crippen molar-refractivity contribution < 1.29 is 18.7 Å². The van der Waals surface area contributed by atoms with Crippen LogP contribution in [0.4, 0.5) is 8.78 Å². The Hall–Kier alpha value is -1.14. The summed E-state index contributed by atoms with van der Waals surface area (Å²) in [6.07, 6.45) is 3.80. The zero-order valence-corrected chi connectivity index (χ0v) is 12.5. The Labute approximate surface area is 127 Å². The molecule has 0 radical (unpaired) electrons. The smallest absolute Gasteiger partial charge is 0.233 e. The van der Waals surface area contributed by atoms with Crippen LogP contribution in [0.3, 0.4) is 0 Å². The number of nitrogens with zero attached hydrogens (tertiary/aromatic N) is 1. The molecule has 1 amide bonds. The molecule has 1 N–H and O–H groups in total. The van der Waals surface area contributed by atoms with E-state index in [1.807, 2.05) is 0 Å². The molecule has 6 heteroatoms. The lowest BCUT2D eigenvalue weighted by Gasteiger charge is -2.28. The minimum absolute atomic E-state index is 0.0404. The summed E-state index contributed by atoms with van der Waals surface area (Å²) in [4.78, 5) is 14.2. The average Bonchev–Trinajstić information content (AvgIpc) is 2.71. The van der Waals surface area contributed by atoms with Crippen molar-refractivity contribution in [3.8, 4) is 0 Å². The van der Waals surface area contributed by atoms with Crippen molar-refractivity contribution in [3.05, 3.63) is 29.8 Å². The van der Waals surface area contributed by atoms with E-state index in [0.29, 0.717) is 6.54 Å². The first kappa shape index (κ1) is 16.2. The van der Waals surface area contributed by atoms with Gasteiger partial charge in [-0.05, 0) is 25.0 Å². The zero-order valence-electron chi connectivity index (χ0n) is 11.7. The van der Waals surface area contributed by atoms with Crippen molar-refractivity contribution >= 4 is 17.7 Å². The molecule has 0 aliphatic carbocycles. The van der Waals surface area contributed by atoms with E-state index in [0.717, 1.165) is 43.5 Å². The number of halogens is 2. The van der Waals surface area contributed by atoms with E-state index < -0.39 is 11.6 Å². The predicted molar refractivity (Wildman–Crippen MR) is 78.1 cm³/mol. The van der Waals surface area contributed by atoms with Gasteiger partial charge in [0.25, 0.3) is 0 Å². The van der Waals surface area contributed by atoms with Gasteiger partial charge in [0.15, 0.2) is 0 Å². The van der Waals surface area contributed by atoms with Gasteiger partial charge in [0, 0.05) is 17.5 Å². The molecule has 1 aromatic carbocycles. The molecule has 116 valence electrons. The molecule has 1 aliphatic rings. The second kappa shape index (κ2) is 7.75. The standard InChI is InChI=1S/C15H19F2NO2S/c16-11-5-6-14(13(17)8-11)21-10-15(20)18-7-3-1-2-4-12(18)9-19/h5-6,8,12,19H,1-4,7,9-10H2. The maximum absolute atomic E-state index is 13.5. The third-order valence-corrected chi connectivity index (χ3v) is 4.69. The van der Waals surface area contributed by atoms with Crippen LogP contribution in [0.15, 0.2) is 23.1 Å². The van der Waals surface area contributed by atoms with Crippen LogP contribution in [0.1, 0.15) is 25.7 Å². The van der Waals surface area contributed by atoms with E-state index in [2.05, 4.69) is 0 Å². The van der Waals surface area contributed by atoms with E-state index >= 15 is 0 Å². The average molecular weight is 315 g/mol. The number of rotatable bonds is 4. The maximum Gasteiger partial charge on any atom is 0.233 e. The Balaban J connectivity index is 1.96. The summed E-state index contributed by atoms with van der Waals surface area (Å²) in [6, 6.07) is 3.20. The molecule has 1 heterocycles. The van der Waals surface area contributed by atoms with Crippen LogP contribution in [-0.2, 0) is 4.79 Å². The van der Waals surface area contributed by atoms with Gasteiger partial charge in [-0.3, -0.25) is 4.79 Å². The van der Waals surface area contributed by atoms with Crippen molar-refractivity contribution in [1.82, 2.24) is 4.90 Å². The van der Waals surface area contributed by atoms with Crippen molar-refractivity contribution in [2.45, 2.75) is 36.6 Å². The number of aliphatic hydroxyl groups excluding tert-OH is 1. The number of hydrogen-bond donors (Lipinski definition) is 1. The molecular formula is C15H19F2NO2S. The summed E-state index contributed by atoms with van der Waals surface area (Å²) in [7, 11) is 0. The molecule has 1 unspecified atom stereocenters. The summed E-state index contributed by atoms with van der Waals surface area (Å²) in [6.45, 7) is 0.595. The number of carbonyl (C=O) groups is 1. The summed E-state index contributed by atoms with van der Waals surface area (Å²) in [5, 5.41) is 9.39. The number of likely N-dealkylation sites (tertiary alicyclic amines) is 1. The Kier molecular flexibility index (Phi) is 5.99. The van der Waals surface area contributed by atoms with Crippen LogP contribution in [0.25, 0.3) is 0 Å². The Morgan fingerprint density at radius 3 is 2.86 bits per heavy atom. The number of thioether (sulfide) groups is 1. The molecule has 1 fully saturated rings. The number of amides is 1. The molecule has 0 bridgehead atoms. The fraction of sp³-hybridized carbons (Fsp3) is 0.533. The molecule has 1 atom stereocenters. The fourth-order valence-electron chi connectivity index (χ4n) is 2.51. The van der Waals surface area contributed by atoms with Gasteiger partial charge < -0.3 is 10.0 Å². The van der Waals surface area contributed by atoms with Crippen LogP contribution < -0.4 is 0 Å². The van der Waals surface area contributed by atoms with Crippen LogP contribution in [0, 0.1) is 11.6 Å². The van der Waals surface area contributed by atoms with Gasteiger partial charge >= 0.3 is 0 Å². The van der Waals surface area contributed by atoms with Crippen molar-refractivity contribution in [3.63, 3.8) is 0 Å². The number of aliphatic hydroxyl groups is 1. The zero-order chi connectivity index (χ0) is 15.2. The minimum atomic E-state index is -0.651. The quantitative estimate of drug-likeness (QED) is 0.869. The second-order valence-corrected chi connectivity index (χ2v) is 6.15. The topological polar surface area (TPSA) is 40.5 Å². The van der Waals surface area contributed by atoms with Gasteiger partial charge in [0.1, 0.15) is 11.6 Å². The highest BCUT2D eigenvalue weighted by molar-refractivity contribution is 8.00. The van der Waals surface area contributed by atoms with E-state index in [-0.39, 0.29) is 29.2 Å². The third kappa shape index (κ3) is 4.41. The Morgan fingerprint density at radius 1 is 1.33 bits per heavy atom. The number of benzene rings is 1. The lowest BCUT2D eigenvalue weighted by Crippen LogP contribution is -2.43. The first-order valence-corrected chi connectivity index (χ1v) is 8.08. The largest absolute Gasteiger partial charge is 0.394 e. The molecule has 0 aromatic heterocycles. The van der Waals surface area contributed by atoms with Crippen LogP contribution in [0.5, 0.6) is 0 Å². The van der Waals surface area contributed by atoms with E-state index in [4.69, 9.17) is 0 Å². The Bertz CT molecular complexity index is 499. The Morgan fingerprint density at radius 2 is 2.14 bits per heavy atom. The van der Waals surface area contributed by atoms with Gasteiger partial charge in [-0.15, -0.1) is 11.8 Å². The van der Waals surface area contributed by atoms with Gasteiger partial charge in [-0.1, -0.05) is 12.8 Å². The van der Waals surface area contributed by atoms with Gasteiger partial charge in [-0.25, -0.2) is 8.78 Å². The normalized spacial score (nSPS) is 19.4. The summed E-state index contributed by atoms with van der Waals surface area (Å²) >= 11 is 1.06. The second-order valence-electron chi connectivity index (χ2n) is 5.14. The van der Waals surface area contributed by atoms with Gasteiger partial charge in [-0.2, -0.15) is 0 Å². The fourth-order valence-corrected chi connectivity index (χ4v) is 3.32. The first-order chi connectivity index (χ1) is 10.1. The van der Waals surface area contributed by atoms with Crippen molar-refractivity contribution in [2.24, 2.45) is 0 Å².